The lowest BCUT2D eigenvalue weighted by Crippen LogP contribution is -2.50. The highest BCUT2D eigenvalue weighted by atomic mass is 16.7. The Bertz CT molecular complexity index is 740. The van der Waals surface area contributed by atoms with Gasteiger partial charge in [0.1, 0.15) is 0 Å². The summed E-state index contributed by atoms with van der Waals surface area (Å²) in [5, 5.41) is 4.22. The Morgan fingerprint density at radius 3 is 2.67 bits per heavy atom. The monoisotopic (exact) mass is 327 g/mol. The Hall–Kier alpha value is -2.01. The van der Waals surface area contributed by atoms with Gasteiger partial charge in [0.15, 0.2) is 0 Å². The van der Waals surface area contributed by atoms with Crippen LogP contribution in [0.3, 0.4) is 0 Å². The van der Waals surface area contributed by atoms with Crippen molar-refractivity contribution in [3.8, 4) is 0 Å². The number of para-hydroxylation sites is 1. The lowest BCUT2D eigenvalue weighted by molar-refractivity contribution is 0.115. The van der Waals surface area contributed by atoms with Crippen LogP contribution in [0.2, 0.25) is 0 Å². The molecular weight excluding hydrogens is 302 g/mol. The maximum Gasteiger partial charge on any atom is 0.432 e. The second kappa shape index (κ2) is 6.13. The zero-order valence-electron chi connectivity index (χ0n) is 14.4. The van der Waals surface area contributed by atoms with Crippen LogP contribution < -0.4 is 10.2 Å². The molecule has 24 heavy (non-hydrogen) atoms. The van der Waals surface area contributed by atoms with Crippen LogP contribution in [0.15, 0.2) is 30.5 Å². The van der Waals surface area contributed by atoms with Gasteiger partial charge in [-0.2, -0.15) is 4.73 Å². The molecule has 5 nitrogen and oxygen atoms in total. The number of carbonyl (C=O) groups excluding carboxylic acids is 1. The molecule has 1 N–H and O–H groups in total. The van der Waals surface area contributed by atoms with Gasteiger partial charge in [-0.15, -0.1) is 0 Å². The number of aromatic nitrogens is 1. The maximum absolute atomic E-state index is 12.4. The minimum Gasteiger partial charge on any atom is -0.317 e. The normalized spacial score (nSPS) is 26.7. The first-order chi connectivity index (χ1) is 11.7. The molecule has 0 radical (unpaired) electrons. The van der Waals surface area contributed by atoms with Gasteiger partial charge < -0.3 is 15.1 Å². The standard InChI is InChI=1S/C19H25N3O2/c1-3-13-12-22(18-7-5-4-6-17(13)18)24-19(23)20-14-10-15-8-9-16(11-14)21(15)2/h4-7,12,14-16H,3,8-11H2,1-2H3,(H,20,23). The third kappa shape index (κ3) is 2.67. The van der Waals surface area contributed by atoms with E-state index in [1.54, 1.807) is 4.73 Å². The Morgan fingerprint density at radius 1 is 1.25 bits per heavy atom. The van der Waals surface area contributed by atoms with E-state index in [9.17, 15) is 4.79 Å². The molecule has 4 rings (SSSR count). The molecule has 128 valence electrons. The molecule has 2 aliphatic heterocycles. The van der Waals surface area contributed by atoms with Gasteiger partial charge in [-0.1, -0.05) is 25.1 Å². The molecule has 2 bridgehead atoms. The summed E-state index contributed by atoms with van der Waals surface area (Å²) in [7, 11) is 2.20. The number of amides is 1. The van der Waals surface area contributed by atoms with E-state index in [1.807, 2.05) is 24.4 Å². The highest BCUT2D eigenvalue weighted by Gasteiger charge is 2.39. The van der Waals surface area contributed by atoms with Crippen LogP contribution in [0, 0.1) is 0 Å². The van der Waals surface area contributed by atoms with Crippen molar-refractivity contribution in [2.75, 3.05) is 7.05 Å². The fourth-order valence-corrected chi connectivity index (χ4v) is 4.39. The van der Waals surface area contributed by atoms with Gasteiger partial charge in [-0.3, -0.25) is 0 Å². The minimum absolute atomic E-state index is 0.221. The zero-order chi connectivity index (χ0) is 16.7. The van der Waals surface area contributed by atoms with Gasteiger partial charge in [0.2, 0.25) is 0 Å². The molecule has 2 unspecified atom stereocenters. The van der Waals surface area contributed by atoms with Crippen molar-refractivity contribution in [1.29, 1.82) is 0 Å². The predicted molar refractivity (Wildman–Crippen MR) is 94.0 cm³/mol. The van der Waals surface area contributed by atoms with Crippen molar-refractivity contribution in [1.82, 2.24) is 14.9 Å². The SMILES string of the molecule is CCc1cn(OC(=O)NC2CC3CCC(C2)N3C)c2ccccc12. The van der Waals surface area contributed by atoms with Crippen molar-refractivity contribution in [2.45, 2.75) is 57.2 Å². The average molecular weight is 327 g/mol. The molecule has 0 spiro atoms. The van der Waals surface area contributed by atoms with E-state index in [-0.39, 0.29) is 12.1 Å². The number of nitrogens with zero attached hydrogens (tertiary/aromatic N) is 2. The second-order valence-corrected chi connectivity index (χ2v) is 7.09. The molecule has 1 aromatic heterocycles. The summed E-state index contributed by atoms with van der Waals surface area (Å²) < 4.78 is 1.60. The summed E-state index contributed by atoms with van der Waals surface area (Å²) in [6.45, 7) is 2.11. The number of benzene rings is 1. The molecule has 0 saturated carbocycles. The largest absolute Gasteiger partial charge is 0.432 e. The van der Waals surface area contributed by atoms with Crippen LogP contribution >= 0.6 is 0 Å². The third-order valence-corrected chi connectivity index (χ3v) is 5.74. The van der Waals surface area contributed by atoms with Crippen LogP contribution in [0.4, 0.5) is 4.79 Å². The van der Waals surface area contributed by atoms with Gasteiger partial charge in [0.05, 0.1) is 5.52 Å². The summed E-state index contributed by atoms with van der Waals surface area (Å²) in [6, 6.07) is 9.46. The lowest BCUT2D eigenvalue weighted by Gasteiger charge is -2.36. The number of hydrogen-bond donors (Lipinski definition) is 1. The quantitative estimate of drug-likeness (QED) is 0.943. The topological polar surface area (TPSA) is 46.5 Å². The van der Waals surface area contributed by atoms with E-state index in [0.29, 0.717) is 12.1 Å². The van der Waals surface area contributed by atoms with Crippen LogP contribution in [0.1, 0.15) is 38.2 Å². The molecular formula is C19H25N3O2. The first-order valence-electron chi connectivity index (χ1n) is 8.95. The summed E-state index contributed by atoms with van der Waals surface area (Å²) in [5.41, 5.74) is 2.13. The van der Waals surface area contributed by atoms with Crippen molar-refractivity contribution >= 4 is 17.0 Å². The average Bonchev–Trinajstić information content (AvgIpc) is 3.01. The molecule has 3 heterocycles. The Labute approximate surface area is 142 Å². The summed E-state index contributed by atoms with van der Waals surface area (Å²) in [4.78, 5) is 20.4. The van der Waals surface area contributed by atoms with E-state index in [2.05, 4.69) is 30.3 Å². The molecule has 2 atom stereocenters. The van der Waals surface area contributed by atoms with E-state index < -0.39 is 0 Å². The molecule has 1 aromatic carbocycles. The summed E-state index contributed by atoms with van der Waals surface area (Å²) in [6.07, 6.45) is 7.02. The van der Waals surface area contributed by atoms with Gasteiger partial charge >= 0.3 is 6.09 Å². The Balaban J connectivity index is 1.45. The Kier molecular flexibility index (Phi) is 3.96. The molecule has 2 aromatic rings. The summed E-state index contributed by atoms with van der Waals surface area (Å²) >= 11 is 0. The van der Waals surface area contributed by atoms with Crippen LogP contribution in [-0.4, -0.2) is 40.9 Å². The molecule has 2 aliphatic rings. The summed E-state index contributed by atoms with van der Waals surface area (Å²) in [5.74, 6) is 0. The molecule has 2 saturated heterocycles. The van der Waals surface area contributed by atoms with Gasteiger partial charge in [-0.05, 0) is 50.8 Å². The number of aryl methyl sites for hydroxylation is 1. The van der Waals surface area contributed by atoms with E-state index in [4.69, 9.17) is 4.84 Å². The number of carbonyl (C=O) groups is 1. The predicted octanol–water partition coefficient (Wildman–Crippen LogP) is 2.97. The first kappa shape index (κ1) is 15.5. The van der Waals surface area contributed by atoms with Gasteiger partial charge in [0.25, 0.3) is 0 Å². The van der Waals surface area contributed by atoms with Crippen molar-refractivity contribution in [3.63, 3.8) is 0 Å². The zero-order valence-corrected chi connectivity index (χ0v) is 14.4. The van der Waals surface area contributed by atoms with Crippen molar-refractivity contribution in [2.24, 2.45) is 0 Å². The molecule has 0 aliphatic carbocycles. The van der Waals surface area contributed by atoms with Gasteiger partial charge in [-0.25, -0.2) is 4.79 Å². The lowest BCUT2D eigenvalue weighted by atomic mass is 9.98. The second-order valence-electron chi connectivity index (χ2n) is 7.09. The third-order valence-electron chi connectivity index (χ3n) is 5.74. The van der Waals surface area contributed by atoms with Crippen LogP contribution in [-0.2, 0) is 6.42 Å². The van der Waals surface area contributed by atoms with E-state index in [0.717, 1.165) is 30.2 Å². The number of piperidine rings is 1. The van der Waals surface area contributed by atoms with Crippen LogP contribution in [0.5, 0.6) is 0 Å². The highest BCUT2D eigenvalue weighted by molar-refractivity contribution is 5.84. The minimum atomic E-state index is -0.354. The van der Waals surface area contributed by atoms with E-state index in [1.165, 1.54) is 18.4 Å². The smallest absolute Gasteiger partial charge is 0.317 e. The van der Waals surface area contributed by atoms with Crippen LogP contribution in [0.25, 0.3) is 10.9 Å². The van der Waals surface area contributed by atoms with Crippen molar-refractivity contribution < 1.29 is 9.63 Å². The number of nitrogens with one attached hydrogen (secondary N) is 1. The Morgan fingerprint density at radius 2 is 1.96 bits per heavy atom. The fourth-order valence-electron chi connectivity index (χ4n) is 4.39. The molecule has 1 amide bonds. The number of fused-ring (bicyclic) bond motifs is 3. The molecule has 2 fully saturated rings. The van der Waals surface area contributed by atoms with Gasteiger partial charge in [0, 0.05) is 29.7 Å². The van der Waals surface area contributed by atoms with E-state index >= 15 is 0 Å². The first-order valence-corrected chi connectivity index (χ1v) is 8.95. The highest BCUT2D eigenvalue weighted by Crippen LogP contribution is 2.34. The number of hydrogen-bond acceptors (Lipinski definition) is 3. The fraction of sp³-hybridized carbons (Fsp3) is 0.526. The molecule has 5 heteroatoms. The maximum atomic E-state index is 12.4. The van der Waals surface area contributed by atoms with Crippen molar-refractivity contribution in [3.05, 3.63) is 36.0 Å². The number of rotatable bonds is 3.